The number of esters is 1. The molecular formula is C20H39NO3. The summed E-state index contributed by atoms with van der Waals surface area (Å²) in [6.45, 7) is 6.55. The van der Waals surface area contributed by atoms with Gasteiger partial charge in [0.2, 0.25) is 5.91 Å². The third-order valence-electron chi connectivity index (χ3n) is 4.23. The lowest BCUT2D eigenvalue weighted by atomic mass is 10.1. The molecule has 0 rings (SSSR count). The Balaban J connectivity index is 3.56. The average molecular weight is 342 g/mol. The minimum atomic E-state index is -0.544. The van der Waals surface area contributed by atoms with Crippen LogP contribution in [-0.2, 0) is 14.3 Å². The van der Waals surface area contributed by atoms with Crippen molar-refractivity contribution >= 4 is 11.9 Å². The molecule has 1 amide bonds. The number of ether oxygens (including phenoxy) is 1. The molecule has 4 heteroatoms. The van der Waals surface area contributed by atoms with Gasteiger partial charge in [-0.1, -0.05) is 78.1 Å². The third kappa shape index (κ3) is 14.5. The van der Waals surface area contributed by atoms with Crippen LogP contribution in [0.2, 0.25) is 0 Å². The molecule has 0 aromatic rings. The van der Waals surface area contributed by atoms with Crippen LogP contribution in [-0.4, -0.2) is 24.5 Å². The van der Waals surface area contributed by atoms with Gasteiger partial charge in [0.15, 0.2) is 0 Å². The van der Waals surface area contributed by atoms with Gasteiger partial charge < -0.3 is 10.1 Å². The van der Waals surface area contributed by atoms with Crippen LogP contribution >= 0.6 is 0 Å². The lowest BCUT2D eigenvalue weighted by Crippen LogP contribution is -2.39. The minimum Gasteiger partial charge on any atom is -0.464 e. The van der Waals surface area contributed by atoms with Crippen molar-refractivity contribution in [1.82, 2.24) is 5.32 Å². The van der Waals surface area contributed by atoms with Gasteiger partial charge in [0.1, 0.15) is 6.04 Å². The summed E-state index contributed by atoms with van der Waals surface area (Å²) in [6.07, 6.45) is 14.5. The highest BCUT2D eigenvalue weighted by Crippen LogP contribution is 2.07. The summed E-state index contributed by atoms with van der Waals surface area (Å²) in [5.41, 5.74) is 0. The van der Waals surface area contributed by atoms with Gasteiger partial charge in [0.05, 0.1) is 6.61 Å². The van der Waals surface area contributed by atoms with E-state index in [9.17, 15) is 9.59 Å². The van der Waals surface area contributed by atoms with Crippen LogP contribution in [0.3, 0.4) is 0 Å². The fraction of sp³-hybridized carbons (Fsp3) is 0.900. The Bertz CT molecular complexity index is 318. The van der Waals surface area contributed by atoms with E-state index >= 15 is 0 Å². The molecule has 0 aromatic carbocycles. The first-order chi connectivity index (χ1) is 11.6. The summed E-state index contributed by atoms with van der Waals surface area (Å²) in [7, 11) is 0. The molecular weight excluding hydrogens is 302 g/mol. The van der Waals surface area contributed by atoms with E-state index in [1.165, 1.54) is 51.4 Å². The molecule has 1 atom stereocenters. The monoisotopic (exact) mass is 341 g/mol. The lowest BCUT2D eigenvalue weighted by Gasteiger charge is -2.13. The largest absolute Gasteiger partial charge is 0.464 e. The van der Waals surface area contributed by atoms with Crippen LogP contribution in [0.25, 0.3) is 0 Å². The third-order valence-corrected chi connectivity index (χ3v) is 4.23. The van der Waals surface area contributed by atoms with E-state index in [0.717, 1.165) is 25.7 Å². The van der Waals surface area contributed by atoms with Crippen LogP contribution in [0.4, 0.5) is 0 Å². The highest BCUT2D eigenvalue weighted by Gasteiger charge is 2.16. The number of hydrogen-bond donors (Lipinski definition) is 1. The van der Waals surface area contributed by atoms with Gasteiger partial charge in [0, 0.05) is 6.42 Å². The van der Waals surface area contributed by atoms with Gasteiger partial charge in [-0.2, -0.15) is 0 Å². The second kappa shape index (κ2) is 16.8. The molecule has 0 aliphatic carbocycles. The van der Waals surface area contributed by atoms with Crippen molar-refractivity contribution in [1.29, 1.82) is 0 Å². The molecule has 142 valence electrons. The van der Waals surface area contributed by atoms with E-state index < -0.39 is 6.04 Å². The Kier molecular flexibility index (Phi) is 16.0. The highest BCUT2D eigenvalue weighted by atomic mass is 16.5. The Labute approximate surface area is 149 Å². The van der Waals surface area contributed by atoms with Crippen molar-refractivity contribution in [3.8, 4) is 0 Å². The fourth-order valence-corrected chi connectivity index (χ4v) is 2.62. The number of carbonyl (C=O) groups is 2. The van der Waals surface area contributed by atoms with Crippen molar-refractivity contribution in [2.24, 2.45) is 0 Å². The second-order valence-corrected chi connectivity index (χ2v) is 6.74. The summed E-state index contributed by atoms with van der Waals surface area (Å²) in [6, 6.07) is -0.544. The first-order valence-corrected chi connectivity index (χ1v) is 10.1. The first kappa shape index (κ1) is 22.9. The molecule has 1 N–H and O–H groups in total. The molecule has 0 unspecified atom stereocenters. The Morgan fingerprint density at radius 1 is 0.792 bits per heavy atom. The molecule has 0 spiro atoms. The number of hydrogen-bond acceptors (Lipinski definition) is 3. The number of rotatable bonds is 16. The molecule has 4 nitrogen and oxygen atoms in total. The molecule has 0 aliphatic rings. The maximum absolute atomic E-state index is 11.8. The van der Waals surface area contributed by atoms with Gasteiger partial charge in [0.25, 0.3) is 0 Å². The summed E-state index contributed by atoms with van der Waals surface area (Å²) < 4.78 is 5.24. The number of nitrogens with one attached hydrogen (secondary N) is 1. The van der Waals surface area contributed by atoms with Crippen molar-refractivity contribution < 1.29 is 14.3 Å². The van der Waals surface area contributed by atoms with Crippen molar-refractivity contribution in [2.75, 3.05) is 6.61 Å². The molecule has 24 heavy (non-hydrogen) atoms. The van der Waals surface area contributed by atoms with Gasteiger partial charge in [-0.05, 0) is 19.8 Å². The molecule has 0 aliphatic heterocycles. The molecule has 0 saturated carbocycles. The zero-order valence-electron chi connectivity index (χ0n) is 16.2. The van der Waals surface area contributed by atoms with E-state index in [4.69, 9.17) is 4.74 Å². The maximum atomic E-state index is 11.8. The zero-order valence-corrected chi connectivity index (χ0v) is 16.2. The molecule has 0 fully saturated rings. The van der Waals surface area contributed by atoms with Crippen molar-refractivity contribution in [2.45, 2.75) is 110 Å². The van der Waals surface area contributed by atoms with E-state index in [2.05, 4.69) is 19.2 Å². The lowest BCUT2D eigenvalue weighted by molar-refractivity contribution is -0.147. The van der Waals surface area contributed by atoms with Crippen LogP contribution in [0, 0.1) is 0 Å². The van der Waals surface area contributed by atoms with E-state index in [1.807, 2.05) is 0 Å². The summed E-state index contributed by atoms with van der Waals surface area (Å²) in [5, 5.41) is 2.73. The number of carbonyl (C=O) groups excluding carboxylic acids is 2. The molecule has 0 heterocycles. The predicted molar refractivity (Wildman–Crippen MR) is 99.9 cm³/mol. The van der Waals surface area contributed by atoms with E-state index in [0.29, 0.717) is 13.0 Å². The van der Waals surface area contributed by atoms with E-state index in [1.54, 1.807) is 6.92 Å². The van der Waals surface area contributed by atoms with Gasteiger partial charge in [-0.25, -0.2) is 4.79 Å². The zero-order chi connectivity index (χ0) is 18.0. The SMILES string of the molecule is CCCCCCCCCOC(=O)[C@H](C)NC(=O)CCCCCCC. The Morgan fingerprint density at radius 2 is 1.29 bits per heavy atom. The molecule has 0 bridgehead atoms. The standard InChI is InChI=1S/C20H39NO3/c1-4-6-8-10-11-13-15-17-24-20(23)18(3)21-19(22)16-14-12-9-7-5-2/h18H,4-17H2,1-3H3,(H,21,22)/t18-/m0/s1. The second-order valence-electron chi connectivity index (χ2n) is 6.74. The average Bonchev–Trinajstić information content (AvgIpc) is 2.56. The van der Waals surface area contributed by atoms with Gasteiger partial charge in [-0.3, -0.25) is 4.79 Å². The topological polar surface area (TPSA) is 55.4 Å². The predicted octanol–water partition coefficient (Wildman–Crippen LogP) is 5.15. The van der Waals surface area contributed by atoms with Gasteiger partial charge in [-0.15, -0.1) is 0 Å². The van der Waals surface area contributed by atoms with E-state index in [-0.39, 0.29) is 11.9 Å². The number of unbranched alkanes of at least 4 members (excludes halogenated alkanes) is 10. The van der Waals surface area contributed by atoms with Crippen LogP contribution < -0.4 is 5.32 Å². The highest BCUT2D eigenvalue weighted by molar-refractivity contribution is 5.84. The fourth-order valence-electron chi connectivity index (χ4n) is 2.62. The smallest absolute Gasteiger partial charge is 0.328 e. The summed E-state index contributed by atoms with van der Waals surface area (Å²) in [5.74, 6) is -0.368. The number of amides is 1. The first-order valence-electron chi connectivity index (χ1n) is 10.1. The van der Waals surface area contributed by atoms with Gasteiger partial charge >= 0.3 is 5.97 Å². The van der Waals surface area contributed by atoms with Crippen LogP contribution in [0.5, 0.6) is 0 Å². The summed E-state index contributed by atoms with van der Waals surface area (Å²) >= 11 is 0. The molecule has 0 radical (unpaired) electrons. The summed E-state index contributed by atoms with van der Waals surface area (Å²) in [4.78, 5) is 23.6. The maximum Gasteiger partial charge on any atom is 0.328 e. The van der Waals surface area contributed by atoms with Crippen LogP contribution in [0.15, 0.2) is 0 Å². The molecule has 0 saturated heterocycles. The van der Waals surface area contributed by atoms with Crippen molar-refractivity contribution in [3.63, 3.8) is 0 Å². The van der Waals surface area contributed by atoms with Crippen LogP contribution in [0.1, 0.15) is 104 Å². The minimum absolute atomic E-state index is 0.0492. The Hall–Kier alpha value is -1.06. The quantitative estimate of drug-likeness (QED) is 0.312. The van der Waals surface area contributed by atoms with Crippen molar-refractivity contribution in [3.05, 3.63) is 0 Å². The molecule has 0 aromatic heterocycles. The Morgan fingerprint density at radius 3 is 1.88 bits per heavy atom. The normalized spacial score (nSPS) is 12.0.